The first kappa shape index (κ1) is 24.7. The molecule has 1 saturated heterocycles. The summed E-state index contributed by atoms with van der Waals surface area (Å²) in [5.41, 5.74) is 2.79. The summed E-state index contributed by atoms with van der Waals surface area (Å²) in [6.45, 7) is 3.90. The monoisotopic (exact) mass is 536 g/mol. The van der Waals surface area contributed by atoms with Gasteiger partial charge in [0, 0.05) is 30.1 Å². The highest BCUT2D eigenvalue weighted by atomic mass is 32.1. The topological polar surface area (TPSA) is 118 Å². The number of aromatic nitrogens is 3. The van der Waals surface area contributed by atoms with Gasteiger partial charge in [0.25, 0.3) is 5.69 Å². The zero-order chi connectivity index (χ0) is 26.9. The summed E-state index contributed by atoms with van der Waals surface area (Å²) in [6.07, 6.45) is 3.23. The number of thiophene rings is 1. The number of nitrogens with zero attached hydrogens (tertiary/aromatic N) is 6. The van der Waals surface area contributed by atoms with Crippen molar-refractivity contribution in [2.75, 3.05) is 24.6 Å². The minimum atomic E-state index is -0.408. The summed E-state index contributed by atoms with van der Waals surface area (Å²) < 4.78 is 6.67. The lowest BCUT2D eigenvalue weighted by atomic mass is 9.98. The Labute approximate surface area is 228 Å². The van der Waals surface area contributed by atoms with Crippen LogP contribution in [0, 0.1) is 21.4 Å². The molecule has 0 spiro atoms. The second kappa shape index (κ2) is 10.3. The Balaban J connectivity index is 1.76. The average Bonchev–Trinajstić information content (AvgIpc) is 3.35. The van der Waals surface area contributed by atoms with Gasteiger partial charge in [-0.25, -0.2) is 15.0 Å². The number of hydrogen-bond donors (Lipinski definition) is 0. The Hall–Kier alpha value is -4.62. The first-order chi connectivity index (χ1) is 19.1. The number of nitro groups is 1. The number of benzene rings is 2. The molecule has 0 bridgehead atoms. The van der Waals surface area contributed by atoms with Crippen LogP contribution in [0.25, 0.3) is 42.9 Å². The van der Waals surface area contributed by atoms with E-state index in [4.69, 9.17) is 19.7 Å². The van der Waals surface area contributed by atoms with E-state index in [-0.39, 0.29) is 17.4 Å². The van der Waals surface area contributed by atoms with Crippen LogP contribution >= 0.6 is 11.3 Å². The zero-order valence-electron chi connectivity index (χ0n) is 21.3. The second-order valence-electron chi connectivity index (χ2n) is 9.23. The molecule has 2 aromatic carbocycles. The van der Waals surface area contributed by atoms with E-state index in [9.17, 15) is 15.4 Å². The molecule has 1 aliphatic rings. The van der Waals surface area contributed by atoms with E-state index in [1.807, 2.05) is 37.3 Å². The third kappa shape index (κ3) is 4.30. The number of ether oxygens (including phenoxy) is 1. The number of para-hydroxylation sites is 1. The van der Waals surface area contributed by atoms with Gasteiger partial charge in [0.15, 0.2) is 11.6 Å². The fourth-order valence-electron chi connectivity index (χ4n) is 5.14. The molecule has 9 nitrogen and oxygen atoms in total. The predicted molar refractivity (Wildman–Crippen MR) is 152 cm³/mol. The van der Waals surface area contributed by atoms with Crippen LogP contribution in [-0.2, 0) is 0 Å². The van der Waals surface area contributed by atoms with Crippen molar-refractivity contribution in [3.63, 3.8) is 0 Å². The van der Waals surface area contributed by atoms with Crippen molar-refractivity contribution in [1.82, 2.24) is 15.0 Å². The van der Waals surface area contributed by atoms with Gasteiger partial charge in [-0.3, -0.25) is 10.1 Å². The minimum Gasteiger partial charge on any atom is -0.477 e. The number of fused-ring (bicyclic) bond motifs is 3. The Morgan fingerprint density at radius 1 is 1.05 bits per heavy atom. The molecule has 0 aliphatic carbocycles. The van der Waals surface area contributed by atoms with Gasteiger partial charge >= 0.3 is 0 Å². The third-order valence-corrected chi connectivity index (χ3v) is 7.94. The molecule has 0 radical (unpaired) electrons. The maximum Gasteiger partial charge on any atom is 0.280 e. The van der Waals surface area contributed by atoms with Gasteiger partial charge in [-0.05, 0) is 37.8 Å². The Kier molecular flexibility index (Phi) is 6.50. The molecule has 4 heterocycles. The van der Waals surface area contributed by atoms with Crippen LogP contribution in [0.1, 0.15) is 31.7 Å². The van der Waals surface area contributed by atoms with Crippen LogP contribution in [0.15, 0.2) is 54.6 Å². The van der Waals surface area contributed by atoms with Crippen molar-refractivity contribution in [3.05, 3.63) is 70.3 Å². The summed E-state index contributed by atoms with van der Waals surface area (Å²) >= 11 is 1.46. The summed E-state index contributed by atoms with van der Waals surface area (Å²) in [4.78, 5) is 29.1. The molecule has 3 aromatic heterocycles. The van der Waals surface area contributed by atoms with Crippen molar-refractivity contribution in [2.24, 2.45) is 0 Å². The average molecular weight is 537 g/mol. The van der Waals surface area contributed by atoms with E-state index >= 15 is 0 Å². The number of nitro benzene ring substituents is 1. The number of nitriles is 1. The van der Waals surface area contributed by atoms with E-state index in [2.05, 4.69) is 11.0 Å². The lowest BCUT2D eigenvalue weighted by molar-refractivity contribution is -0.384. The highest BCUT2D eigenvalue weighted by molar-refractivity contribution is 7.26. The van der Waals surface area contributed by atoms with Crippen LogP contribution in [-0.4, -0.2) is 39.6 Å². The molecule has 0 N–H and O–H groups in total. The predicted octanol–water partition coefficient (Wildman–Crippen LogP) is 6.74. The summed E-state index contributed by atoms with van der Waals surface area (Å²) in [7, 11) is 0. The molecule has 1 aliphatic heterocycles. The first-order valence-electron chi connectivity index (χ1n) is 12.9. The third-order valence-electron chi connectivity index (χ3n) is 6.87. The van der Waals surface area contributed by atoms with Crippen molar-refractivity contribution < 1.29 is 9.66 Å². The number of piperidine rings is 1. The summed E-state index contributed by atoms with van der Waals surface area (Å²) in [5, 5.41) is 22.9. The van der Waals surface area contributed by atoms with Crippen LogP contribution < -0.4 is 9.64 Å². The molecule has 194 valence electrons. The molecule has 0 unspecified atom stereocenters. The minimum absolute atomic E-state index is 0.0567. The number of anilines is 1. The molecule has 0 amide bonds. The van der Waals surface area contributed by atoms with Gasteiger partial charge in [-0.2, -0.15) is 5.26 Å². The number of pyridine rings is 1. The smallest absolute Gasteiger partial charge is 0.280 e. The highest BCUT2D eigenvalue weighted by Crippen LogP contribution is 2.46. The number of hydrogen-bond acceptors (Lipinski definition) is 9. The summed E-state index contributed by atoms with van der Waals surface area (Å²) in [5.74, 6) is 1.30. The van der Waals surface area contributed by atoms with Gasteiger partial charge in [0.1, 0.15) is 16.5 Å². The van der Waals surface area contributed by atoms with Gasteiger partial charge in [-0.1, -0.05) is 42.5 Å². The molecule has 39 heavy (non-hydrogen) atoms. The molecule has 1 fully saturated rings. The molecular weight excluding hydrogens is 512 g/mol. The Morgan fingerprint density at radius 2 is 1.79 bits per heavy atom. The highest BCUT2D eigenvalue weighted by Gasteiger charge is 2.28. The van der Waals surface area contributed by atoms with Gasteiger partial charge in [0.2, 0.25) is 5.88 Å². The molecule has 10 heteroatoms. The van der Waals surface area contributed by atoms with Crippen molar-refractivity contribution in [1.29, 1.82) is 5.26 Å². The second-order valence-corrected chi connectivity index (χ2v) is 10.2. The lowest BCUT2D eigenvalue weighted by Gasteiger charge is -2.28. The van der Waals surface area contributed by atoms with Crippen LogP contribution in [0.3, 0.4) is 0 Å². The van der Waals surface area contributed by atoms with Crippen molar-refractivity contribution >= 4 is 43.3 Å². The number of rotatable bonds is 6. The normalized spacial score (nSPS) is 13.5. The molecule has 0 atom stereocenters. The van der Waals surface area contributed by atoms with E-state index in [0.29, 0.717) is 33.6 Å². The van der Waals surface area contributed by atoms with Gasteiger partial charge < -0.3 is 9.64 Å². The van der Waals surface area contributed by atoms with Crippen LogP contribution in [0.4, 0.5) is 11.5 Å². The quantitative estimate of drug-likeness (QED) is 0.173. The van der Waals surface area contributed by atoms with Crippen LogP contribution in [0.5, 0.6) is 5.88 Å². The zero-order valence-corrected chi connectivity index (χ0v) is 22.1. The van der Waals surface area contributed by atoms with Crippen molar-refractivity contribution in [3.8, 4) is 34.5 Å². The van der Waals surface area contributed by atoms with E-state index < -0.39 is 4.92 Å². The van der Waals surface area contributed by atoms with Gasteiger partial charge in [0.05, 0.1) is 27.3 Å². The van der Waals surface area contributed by atoms with Crippen molar-refractivity contribution in [2.45, 2.75) is 26.2 Å². The largest absolute Gasteiger partial charge is 0.477 e. The Bertz CT molecular complexity index is 1760. The molecular formula is C29H24N6O3S. The fraction of sp³-hybridized carbons (Fsp3) is 0.241. The Morgan fingerprint density at radius 3 is 2.51 bits per heavy atom. The van der Waals surface area contributed by atoms with Crippen LogP contribution in [0.2, 0.25) is 0 Å². The molecule has 5 aromatic rings. The van der Waals surface area contributed by atoms with E-state index in [0.717, 1.165) is 53.8 Å². The molecule has 0 saturated carbocycles. The van der Waals surface area contributed by atoms with E-state index in [1.54, 1.807) is 18.2 Å². The fourth-order valence-corrected chi connectivity index (χ4v) is 6.27. The molecule has 6 rings (SSSR count). The maximum absolute atomic E-state index is 11.9. The lowest BCUT2D eigenvalue weighted by Crippen LogP contribution is -2.30. The first-order valence-corrected chi connectivity index (χ1v) is 13.7. The van der Waals surface area contributed by atoms with Gasteiger partial charge in [-0.15, -0.1) is 11.3 Å². The standard InChI is InChI=1S/C29H24N6O3S/c1-2-38-28-20(17-30)22(18-11-5-3-6-12-18)23-24-25(39-29(23)33-28)27(34-15-9-4-10-16-34)32-26(31-24)19-13-7-8-14-21(19)35(36)37/h3,5-8,11-14H,2,4,9-10,15-16H2,1H3. The maximum atomic E-state index is 11.9. The summed E-state index contributed by atoms with van der Waals surface area (Å²) in [6, 6.07) is 18.5. The SMILES string of the molecule is CCOc1nc2sc3c(N4CCCCC4)nc(-c4ccccc4[N+](=O)[O-])nc3c2c(-c2ccccc2)c1C#N. The van der Waals surface area contributed by atoms with E-state index in [1.165, 1.54) is 17.4 Å².